The van der Waals surface area contributed by atoms with Crippen molar-refractivity contribution in [3.8, 4) is 0 Å². The lowest BCUT2D eigenvalue weighted by Gasteiger charge is -2.14. The molecule has 24 heavy (non-hydrogen) atoms. The number of aryl methyl sites for hydroxylation is 2. The summed E-state index contributed by atoms with van der Waals surface area (Å²) in [5.74, 6) is -0.120. The highest BCUT2D eigenvalue weighted by atomic mass is 19.4. The molecule has 0 saturated heterocycles. The number of nitrogens with one attached hydrogen (secondary N) is 1. The molecule has 5 nitrogen and oxygen atoms in total. The second kappa shape index (κ2) is 6.54. The first kappa shape index (κ1) is 17.8. The summed E-state index contributed by atoms with van der Waals surface area (Å²) in [5.41, 5.74) is 1.12. The van der Waals surface area contributed by atoms with E-state index < -0.39 is 11.9 Å². The molecular formula is C16H19F3N4O. The molecule has 0 radical (unpaired) electrons. The largest absolute Gasteiger partial charge is 0.435 e. The van der Waals surface area contributed by atoms with Gasteiger partial charge in [0.05, 0.1) is 0 Å². The van der Waals surface area contributed by atoms with Crippen LogP contribution in [0, 0.1) is 6.92 Å². The predicted molar refractivity (Wildman–Crippen MR) is 84.7 cm³/mol. The summed E-state index contributed by atoms with van der Waals surface area (Å²) >= 11 is 0. The minimum atomic E-state index is -4.49. The van der Waals surface area contributed by atoms with Crippen molar-refractivity contribution in [1.82, 2.24) is 14.7 Å². The summed E-state index contributed by atoms with van der Waals surface area (Å²) < 4.78 is 39.9. The Hall–Kier alpha value is -2.51. The molecule has 1 aromatic heterocycles. The van der Waals surface area contributed by atoms with Crippen molar-refractivity contribution in [2.45, 2.75) is 19.6 Å². The number of aromatic nitrogens is 2. The molecule has 0 atom stereocenters. The molecule has 130 valence electrons. The monoisotopic (exact) mass is 340 g/mol. The molecule has 1 N–H and O–H groups in total. The Morgan fingerprint density at radius 2 is 2.00 bits per heavy atom. The number of carbonyl (C=O) groups excluding carboxylic acids is 1. The van der Waals surface area contributed by atoms with E-state index in [1.165, 1.54) is 18.1 Å². The Bertz CT molecular complexity index is 750. The van der Waals surface area contributed by atoms with Gasteiger partial charge in [0, 0.05) is 50.7 Å². The Labute approximate surface area is 138 Å². The average Bonchev–Trinajstić information content (AvgIpc) is 2.85. The zero-order chi connectivity index (χ0) is 18.1. The number of anilines is 1. The molecule has 0 aliphatic carbocycles. The van der Waals surface area contributed by atoms with Gasteiger partial charge in [-0.3, -0.25) is 9.48 Å². The summed E-state index contributed by atoms with van der Waals surface area (Å²) in [6.07, 6.45) is -3.15. The first-order chi connectivity index (χ1) is 11.1. The highest BCUT2D eigenvalue weighted by Crippen LogP contribution is 2.31. The van der Waals surface area contributed by atoms with Crippen LogP contribution in [0.15, 0.2) is 24.4 Å². The van der Waals surface area contributed by atoms with Crippen LogP contribution in [0.1, 0.15) is 27.2 Å². The van der Waals surface area contributed by atoms with E-state index in [-0.39, 0.29) is 18.0 Å². The van der Waals surface area contributed by atoms with E-state index in [1.54, 1.807) is 39.2 Å². The summed E-state index contributed by atoms with van der Waals surface area (Å²) in [5, 5.41) is 6.41. The van der Waals surface area contributed by atoms with Crippen LogP contribution < -0.4 is 5.32 Å². The fraction of sp³-hybridized carbons (Fsp3) is 0.375. The second-order valence-electron chi connectivity index (χ2n) is 5.76. The zero-order valence-electron chi connectivity index (χ0n) is 13.9. The normalized spacial score (nSPS) is 11.5. The highest BCUT2D eigenvalue weighted by Gasteiger charge is 2.36. The number of hydrogen-bond acceptors (Lipinski definition) is 3. The number of amides is 1. The Balaban J connectivity index is 2.16. The van der Waals surface area contributed by atoms with Gasteiger partial charge in [0.15, 0.2) is 5.69 Å². The number of rotatable bonds is 4. The van der Waals surface area contributed by atoms with Crippen LogP contribution in [-0.2, 0) is 19.8 Å². The molecule has 2 rings (SSSR count). The fourth-order valence-corrected chi connectivity index (χ4v) is 2.36. The van der Waals surface area contributed by atoms with E-state index in [0.29, 0.717) is 11.3 Å². The fourth-order valence-electron chi connectivity index (χ4n) is 2.36. The van der Waals surface area contributed by atoms with Crippen molar-refractivity contribution in [3.63, 3.8) is 0 Å². The zero-order valence-corrected chi connectivity index (χ0v) is 13.9. The van der Waals surface area contributed by atoms with E-state index in [2.05, 4.69) is 10.4 Å². The number of hydrogen-bond donors (Lipinski definition) is 1. The number of carbonyl (C=O) groups is 1. The number of alkyl halides is 3. The Morgan fingerprint density at radius 3 is 2.54 bits per heavy atom. The molecule has 0 aliphatic heterocycles. The van der Waals surface area contributed by atoms with Crippen LogP contribution in [0.2, 0.25) is 0 Å². The topological polar surface area (TPSA) is 50.2 Å². The lowest BCUT2D eigenvalue weighted by molar-refractivity contribution is -0.142. The van der Waals surface area contributed by atoms with Crippen LogP contribution in [0.3, 0.4) is 0 Å². The number of nitrogens with zero attached hydrogens (tertiary/aromatic N) is 3. The minimum absolute atomic E-state index is 0.0108. The van der Waals surface area contributed by atoms with Crippen LogP contribution in [0.4, 0.5) is 18.9 Å². The van der Waals surface area contributed by atoms with Gasteiger partial charge in [0.25, 0.3) is 5.91 Å². The van der Waals surface area contributed by atoms with E-state index in [1.807, 2.05) is 0 Å². The highest BCUT2D eigenvalue weighted by molar-refractivity contribution is 5.95. The molecule has 2 aromatic rings. The smallest absolute Gasteiger partial charge is 0.381 e. The lowest BCUT2D eigenvalue weighted by Crippen LogP contribution is -2.22. The van der Waals surface area contributed by atoms with Gasteiger partial charge in [-0.1, -0.05) is 0 Å². The molecular weight excluding hydrogens is 321 g/mol. The third kappa shape index (κ3) is 3.87. The van der Waals surface area contributed by atoms with Gasteiger partial charge in [-0.05, 0) is 30.7 Å². The molecule has 0 unspecified atom stereocenters. The van der Waals surface area contributed by atoms with Crippen molar-refractivity contribution < 1.29 is 18.0 Å². The maximum Gasteiger partial charge on any atom is 0.435 e. The van der Waals surface area contributed by atoms with Gasteiger partial charge in [0.1, 0.15) is 0 Å². The summed E-state index contributed by atoms with van der Waals surface area (Å²) in [6, 6.07) is 5.07. The van der Waals surface area contributed by atoms with Crippen LogP contribution >= 0.6 is 0 Å². The second-order valence-corrected chi connectivity index (χ2v) is 5.76. The van der Waals surface area contributed by atoms with Gasteiger partial charge < -0.3 is 10.2 Å². The van der Waals surface area contributed by atoms with Gasteiger partial charge in [0.2, 0.25) is 0 Å². The first-order valence-electron chi connectivity index (χ1n) is 7.25. The summed E-state index contributed by atoms with van der Waals surface area (Å²) in [7, 11) is 4.77. The molecule has 1 aromatic carbocycles. The number of halogens is 3. The van der Waals surface area contributed by atoms with Crippen molar-refractivity contribution in [1.29, 1.82) is 0 Å². The minimum Gasteiger partial charge on any atom is -0.381 e. The first-order valence-corrected chi connectivity index (χ1v) is 7.25. The van der Waals surface area contributed by atoms with Crippen LogP contribution in [0.25, 0.3) is 0 Å². The maximum atomic E-state index is 12.9. The van der Waals surface area contributed by atoms with Crippen molar-refractivity contribution in [2.75, 3.05) is 19.4 Å². The Kier molecular flexibility index (Phi) is 4.86. The van der Waals surface area contributed by atoms with Gasteiger partial charge >= 0.3 is 6.18 Å². The summed E-state index contributed by atoms with van der Waals surface area (Å²) in [6.45, 7) is 1.77. The maximum absolute atomic E-state index is 12.9. The van der Waals surface area contributed by atoms with Crippen LogP contribution in [0.5, 0.6) is 0 Å². The molecule has 0 fully saturated rings. The molecule has 0 saturated carbocycles. The molecule has 1 amide bonds. The Morgan fingerprint density at radius 1 is 1.33 bits per heavy atom. The van der Waals surface area contributed by atoms with Crippen molar-refractivity contribution >= 4 is 11.6 Å². The molecule has 8 heteroatoms. The van der Waals surface area contributed by atoms with Crippen molar-refractivity contribution in [2.24, 2.45) is 7.05 Å². The quantitative estimate of drug-likeness (QED) is 0.931. The van der Waals surface area contributed by atoms with E-state index in [9.17, 15) is 18.0 Å². The van der Waals surface area contributed by atoms with Gasteiger partial charge in [-0.15, -0.1) is 0 Å². The molecule has 0 bridgehead atoms. The van der Waals surface area contributed by atoms with Gasteiger partial charge in [-0.2, -0.15) is 18.3 Å². The van der Waals surface area contributed by atoms with Gasteiger partial charge in [-0.25, -0.2) is 0 Å². The predicted octanol–water partition coefficient (Wildman–Crippen LogP) is 3.06. The molecule has 0 aliphatic rings. The standard InChI is InChI=1S/C16H19F3N4O/c1-10-7-12(5-6-13(10)15(24)22(2)3)20-8-11-9-23(4)21-14(11)16(17,18)19/h5-7,9,20H,8H2,1-4H3. The average molecular weight is 340 g/mol. The SMILES string of the molecule is Cc1cc(NCc2cn(C)nc2C(F)(F)F)ccc1C(=O)N(C)C. The van der Waals surface area contributed by atoms with E-state index in [0.717, 1.165) is 10.2 Å². The van der Waals surface area contributed by atoms with Crippen molar-refractivity contribution in [3.05, 3.63) is 46.8 Å². The summed E-state index contributed by atoms with van der Waals surface area (Å²) in [4.78, 5) is 13.5. The van der Waals surface area contributed by atoms with Crippen LogP contribution in [-0.4, -0.2) is 34.7 Å². The number of benzene rings is 1. The third-order valence-corrected chi connectivity index (χ3v) is 3.52. The lowest BCUT2D eigenvalue weighted by atomic mass is 10.1. The van der Waals surface area contributed by atoms with E-state index >= 15 is 0 Å². The molecule has 1 heterocycles. The molecule has 0 spiro atoms. The van der Waals surface area contributed by atoms with E-state index in [4.69, 9.17) is 0 Å². The third-order valence-electron chi connectivity index (χ3n) is 3.52.